The standard InChI is InChI=1S/C16H10BrClN2O2/c17-11-4-5-15-19-14(8-16(22)20(15)9-11)13(18)7-10-2-1-3-12(21)6-10/h1-9,21H/b13-7-. The van der Waals surface area contributed by atoms with E-state index in [-0.39, 0.29) is 11.3 Å². The number of hydrogen-bond donors (Lipinski definition) is 1. The van der Waals surface area contributed by atoms with E-state index in [0.29, 0.717) is 16.4 Å². The maximum atomic E-state index is 12.1. The summed E-state index contributed by atoms with van der Waals surface area (Å²) in [5, 5.41) is 9.79. The van der Waals surface area contributed by atoms with Crippen LogP contribution in [0.15, 0.2) is 57.9 Å². The number of benzene rings is 1. The average molecular weight is 378 g/mol. The van der Waals surface area contributed by atoms with Crippen LogP contribution in [0.2, 0.25) is 0 Å². The molecule has 110 valence electrons. The van der Waals surface area contributed by atoms with Crippen LogP contribution in [0.4, 0.5) is 0 Å². The van der Waals surface area contributed by atoms with Crippen molar-refractivity contribution in [3.05, 3.63) is 74.7 Å². The normalized spacial score (nSPS) is 11.8. The van der Waals surface area contributed by atoms with Gasteiger partial charge in [0.2, 0.25) is 0 Å². The molecule has 0 aliphatic carbocycles. The van der Waals surface area contributed by atoms with E-state index in [0.717, 1.165) is 10.0 Å². The molecule has 0 amide bonds. The van der Waals surface area contributed by atoms with Gasteiger partial charge in [-0.3, -0.25) is 9.20 Å². The molecule has 22 heavy (non-hydrogen) atoms. The molecular formula is C16H10BrClN2O2. The molecule has 1 N–H and O–H groups in total. The molecule has 0 spiro atoms. The van der Waals surface area contributed by atoms with Crippen LogP contribution in [-0.2, 0) is 0 Å². The second-order valence-electron chi connectivity index (χ2n) is 4.64. The molecule has 2 aromatic heterocycles. The van der Waals surface area contributed by atoms with Crippen LogP contribution in [0.25, 0.3) is 16.8 Å². The number of aromatic nitrogens is 2. The second-order valence-corrected chi connectivity index (χ2v) is 5.97. The molecule has 6 heteroatoms. The van der Waals surface area contributed by atoms with Crippen molar-refractivity contribution in [2.24, 2.45) is 0 Å². The van der Waals surface area contributed by atoms with Gasteiger partial charge in [-0.25, -0.2) is 4.98 Å². The molecular weight excluding hydrogens is 368 g/mol. The van der Waals surface area contributed by atoms with Crippen molar-refractivity contribution in [1.82, 2.24) is 9.38 Å². The van der Waals surface area contributed by atoms with Gasteiger partial charge in [0.1, 0.15) is 11.4 Å². The third-order valence-electron chi connectivity index (χ3n) is 3.03. The number of halogens is 2. The summed E-state index contributed by atoms with van der Waals surface area (Å²) in [6.45, 7) is 0. The first-order valence-corrected chi connectivity index (χ1v) is 7.55. The first-order valence-electron chi connectivity index (χ1n) is 6.38. The lowest BCUT2D eigenvalue weighted by molar-refractivity contribution is 0.475. The van der Waals surface area contributed by atoms with E-state index in [1.807, 2.05) is 0 Å². The molecule has 0 bridgehead atoms. The first kappa shape index (κ1) is 14.8. The summed E-state index contributed by atoms with van der Waals surface area (Å²) in [5.41, 5.74) is 1.40. The third kappa shape index (κ3) is 3.05. The van der Waals surface area contributed by atoms with Gasteiger partial charge in [0.15, 0.2) is 0 Å². The van der Waals surface area contributed by atoms with E-state index in [2.05, 4.69) is 20.9 Å². The van der Waals surface area contributed by atoms with E-state index in [4.69, 9.17) is 11.6 Å². The van der Waals surface area contributed by atoms with Crippen molar-refractivity contribution in [3.63, 3.8) is 0 Å². The Labute approximate surface area is 139 Å². The minimum atomic E-state index is -0.219. The predicted molar refractivity (Wildman–Crippen MR) is 91.0 cm³/mol. The van der Waals surface area contributed by atoms with E-state index in [1.165, 1.54) is 10.5 Å². The molecule has 0 saturated carbocycles. The Morgan fingerprint density at radius 1 is 1.27 bits per heavy atom. The van der Waals surface area contributed by atoms with Crippen LogP contribution in [0.1, 0.15) is 11.3 Å². The Morgan fingerprint density at radius 2 is 2.09 bits per heavy atom. The smallest absolute Gasteiger partial charge is 0.258 e. The number of aromatic hydroxyl groups is 1. The largest absolute Gasteiger partial charge is 0.508 e. The molecule has 0 fully saturated rings. The Hall–Kier alpha value is -2.11. The van der Waals surface area contributed by atoms with Crippen LogP contribution >= 0.6 is 27.5 Å². The van der Waals surface area contributed by atoms with Crippen LogP contribution in [0.5, 0.6) is 5.75 Å². The lowest BCUT2D eigenvalue weighted by Gasteiger charge is -2.04. The van der Waals surface area contributed by atoms with Crippen molar-refractivity contribution < 1.29 is 5.11 Å². The van der Waals surface area contributed by atoms with Crippen LogP contribution in [0.3, 0.4) is 0 Å². The van der Waals surface area contributed by atoms with Gasteiger partial charge in [-0.2, -0.15) is 0 Å². The zero-order valence-corrected chi connectivity index (χ0v) is 13.5. The number of fused-ring (bicyclic) bond motifs is 1. The number of nitrogens with zero attached hydrogens (tertiary/aromatic N) is 2. The van der Waals surface area contributed by atoms with Gasteiger partial charge in [-0.05, 0) is 51.8 Å². The molecule has 3 rings (SSSR count). The minimum absolute atomic E-state index is 0.148. The Bertz CT molecular complexity index is 950. The second kappa shape index (κ2) is 5.94. The van der Waals surface area contributed by atoms with Crippen LogP contribution in [-0.4, -0.2) is 14.5 Å². The van der Waals surface area contributed by atoms with Crippen molar-refractivity contribution in [1.29, 1.82) is 0 Å². The summed E-state index contributed by atoms with van der Waals surface area (Å²) >= 11 is 9.57. The molecule has 0 atom stereocenters. The Morgan fingerprint density at radius 3 is 2.86 bits per heavy atom. The van der Waals surface area contributed by atoms with Gasteiger partial charge in [0.05, 0.1) is 10.7 Å². The molecule has 0 radical (unpaired) electrons. The lowest BCUT2D eigenvalue weighted by atomic mass is 10.2. The third-order valence-corrected chi connectivity index (χ3v) is 3.80. The van der Waals surface area contributed by atoms with Gasteiger partial charge >= 0.3 is 0 Å². The minimum Gasteiger partial charge on any atom is -0.508 e. The maximum absolute atomic E-state index is 12.1. The molecule has 0 aliphatic rings. The van der Waals surface area contributed by atoms with Gasteiger partial charge in [-0.1, -0.05) is 23.7 Å². The highest BCUT2D eigenvalue weighted by Crippen LogP contribution is 2.22. The highest BCUT2D eigenvalue weighted by molar-refractivity contribution is 9.10. The van der Waals surface area contributed by atoms with E-state index in [9.17, 15) is 9.90 Å². The summed E-state index contributed by atoms with van der Waals surface area (Å²) in [4.78, 5) is 16.5. The van der Waals surface area contributed by atoms with Crippen molar-refractivity contribution >= 4 is 44.3 Å². The molecule has 4 nitrogen and oxygen atoms in total. The Balaban J connectivity index is 2.10. The zero-order valence-electron chi connectivity index (χ0n) is 11.2. The maximum Gasteiger partial charge on any atom is 0.258 e. The molecule has 1 aromatic carbocycles. The highest BCUT2D eigenvalue weighted by Gasteiger charge is 2.06. The fraction of sp³-hybridized carbons (Fsp3) is 0. The molecule has 2 heterocycles. The van der Waals surface area contributed by atoms with Crippen molar-refractivity contribution in [3.8, 4) is 5.75 Å². The first-order chi connectivity index (χ1) is 10.5. The number of hydrogen-bond acceptors (Lipinski definition) is 3. The SMILES string of the molecule is O=c1cc(/C(Cl)=C/c2cccc(O)c2)nc2ccc(Br)cn12. The number of phenolic OH excluding ortho intramolecular Hbond substituents is 1. The fourth-order valence-electron chi connectivity index (χ4n) is 2.03. The molecule has 0 aliphatic heterocycles. The van der Waals surface area contributed by atoms with Gasteiger partial charge in [0, 0.05) is 16.7 Å². The quantitative estimate of drug-likeness (QED) is 0.737. The summed E-state index contributed by atoms with van der Waals surface area (Å²) in [5.74, 6) is 0.148. The van der Waals surface area contributed by atoms with Gasteiger partial charge in [-0.15, -0.1) is 0 Å². The van der Waals surface area contributed by atoms with Crippen molar-refractivity contribution in [2.45, 2.75) is 0 Å². The fourth-order valence-corrected chi connectivity index (χ4v) is 2.59. The van der Waals surface area contributed by atoms with Gasteiger partial charge in [0.25, 0.3) is 5.56 Å². The van der Waals surface area contributed by atoms with E-state index < -0.39 is 0 Å². The lowest BCUT2D eigenvalue weighted by Crippen LogP contribution is -2.14. The van der Waals surface area contributed by atoms with E-state index in [1.54, 1.807) is 48.7 Å². The van der Waals surface area contributed by atoms with Gasteiger partial charge < -0.3 is 5.11 Å². The monoisotopic (exact) mass is 376 g/mol. The van der Waals surface area contributed by atoms with Crippen LogP contribution < -0.4 is 5.56 Å². The summed E-state index contributed by atoms with van der Waals surface area (Å²) in [6, 6.07) is 11.6. The Kier molecular flexibility index (Phi) is 4.00. The highest BCUT2D eigenvalue weighted by atomic mass is 79.9. The number of phenols is 1. The number of rotatable bonds is 2. The number of pyridine rings is 1. The predicted octanol–water partition coefficient (Wildman–Crippen LogP) is 3.90. The zero-order chi connectivity index (χ0) is 15.7. The topological polar surface area (TPSA) is 54.6 Å². The summed E-state index contributed by atoms with van der Waals surface area (Å²) in [6.07, 6.45) is 3.31. The summed E-state index contributed by atoms with van der Waals surface area (Å²) in [7, 11) is 0. The molecule has 0 saturated heterocycles. The molecule has 3 aromatic rings. The van der Waals surface area contributed by atoms with Crippen LogP contribution in [0, 0.1) is 0 Å². The van der Waals surface area contributed by atoms with E-state index >= 15 is 0 Å². The molecule has 0 unspecified atom stereocenters. The summed E-state index contributed by atoms with van der Waals surface area (Å²) < 4.78 is 2.23. The average Bonchev–Trinajstić information content (AvgIpc) is 2.48. The van der Waals surface area contributed by atoms with Crippen molar-refractivity contribution in [2.75, 3.05) is 0 Å².